The first-order valence-electron chi connectivity index (χ1n) is 17.5. The number of alkyl halides is 3. The summed E-state index contributed by atoms with van der Waals surface area (Å²) in [6.07, 6.45) is -0.746. The average Bonchev–Trinajstić information content (AvgIpc) is 3.56. The minimum Gasteiger partial charge on any atom is -0.504 e. The first kappa shape index (κ1) is 37.3. The zero-order valence-electron chi connectivity index (χ0n) is 29.4. The number of allylic oxidation sites excluding steroid dienone is 2. The first-order valence-corrected chi connectivity index (χ1v) is 18.3. The van der Waals surface area contributed by atoms with E-state index in [4.69, 9.17) is 27.9 Å². The van der Waals surface area contributed by atoms with E-state index < -0.39 is 81.2 Å². The number of halogens is 5. The molecule has 1 saturated carbocycles. The Kier molecular flexibility index (Phi) is 9.00. The van der Waals surface area contributed by atoms with E-state index >= 15 is 4.79 Å². The molecule has 0 radical (unpaired) electrons. The number of imide groups is 2. The highest BCUT2D eigenvalue weighted by Gasteiger charge is 2.71. The van der Waals surface area contributed by atoms with Crippen LogP contribution in [0.3, 0.4) is 0 Å². The average molecular weight is 804 g/mol. The number of methoxy groups -OCH3 is 1. The number of nitrogens with zero attached hydrogens (tertiary/aromatic N) is 3. The van der Waals surface area contributed by atoms with Gasteiger partial charge < -0.3 is 9.84 Å². The predicted molar refractivity (Wildman–Crippen MR) is 201 cm³/mol. The standard InChI is InChI=1S/C41H31Cl2F3N4O6/c1-3-20-7-13-24(14-8-20)49-36(52)26-16-15-25-28(32(26)38(49)54)18-29-37(53)50(48-35-30(43)17-22(19-47-35)41(44,45)46)39(55)40(29,21-9-11-23(42)12-10-21)33(25)27-5-4-6-31(56-2)34(27)51/h3-15,17,19,26,28-29,32-33,51H,1,16,18H2,2H3,(H,47,48). The van der Waals surface area contributed by atoms with Crippen molar-refractivity contribution in [3.05, 3.63) is 130 Å². The number of nitrogens with one attached hydrogen (secondary N) is 1. The molecule has 3 heterocycles. The number of hydrogen-bond donors (Lipinski definition) is 2. The summed E-state index contributed by atoms with van der Waals surface area (Å²) >= 11 is 12.6. The number of fused-ring (bicyclic) bond motifs is 4. The van der Waals surface area contributed by atoms with E-state index in [1.165, 1.54) is 13.2 Å². The van der Waals surface area contributed by atoms with Crippen molar-refractivity contribution in [3.8, 4) is 11.5 Å². The number of para-hydroxylation sites is 1. The maximum Gasteiger partial charge on any atom is 0.417 e. The molecule has 56 heavy (non-hydrogen) atoms. The summed E-state index contributed by atoms with van der Waals surface area (Å²) in [5, 5.41) is 12.3. The molecule has 2 aliphatic carbocycles. The van der Waals surface area contributed by atoms with Crippen molar-refractivity contribution in [1.29, 1.82) is 0 Å². The zero-order chi connectivity index (χ0) is 39.8. The Labute approximate surface area is 328 Å². The van der Waals surface area contributed by atoms with E-state index in [2.05, 4.69) is 17.0 Å². The molecule has 2 saturated heterocycles. The van der Waals surface area contributed by atoms with E-state index in [1.54, 1.807) is 66.7 Å². The molecule has 6 atom stereocenters. The van der Waals surface area contributed by atoms with Gasteiger partial charge in [-0.05, 0) is 66.3 Å². The molecule has 4 amide bonds. The number of phenols is 1. The number of carbonyl (C=O) groups excluding carboxylic acids is 4. The monoisotopic (exact) mass is 802 g/mol. The van der Waals surface area contributed by atoms with Crippen LogP contribution < -0.4 is 15.1 Å². The SMILES string of the molecule is C=Cc1ccc(N2C(=O)C3CC=C4C(CC5C(=O)N(Nc6ncc(C(F)(F)F)cc6Cl)C(=O)C5(c5ccc(Cl)cc5)C4c4cccc(OC)c4O)C3C2=O)cc1. The number of benzene rings is 3. The lowest BCUT2D eigenvalue weighted by molar-refractivity contribution is -0.139. The molecule has 10 nitrogen and oxygen atoms in total. The van der Waals surface area contributed by atoms with Gasteiger partial charge in [-0.15, -0.1) is 0 Å². The summed E-state index contributed by atoms with van der Waals surface area (Å²) in [4.78, 5) is 63.8. The van der Waals surface area contributed by atoms with Gasteiger partial charge in [0.15, 0.2) is 17.3 Å². The van der Waals surface area contributed by atoms with Crippen LogP contribution in [-0.2, 0) is 30.8 Å². The molecule has 2 N–H and O–H groups in total. The Morgan fingerprint density at radius 2 is 1.70 bits per heavy atom. The van der Waals surface area contributed by atoms with E-state index in [0.29, 0.717) is 39.1 Å². The topological polar surface area (TPSA) is 129 Å². The number of ether oxygens (including phenoxy) is 1. The van der Waals surface area contributed by atoms with Crippen molar-refractivity contribution >= 4 is 64.4 Å². The van der Waals surface area contributed by atoms with Gasteiger partial charge in [0.05, 0.1) is 46.6 Å². The molecule has 15 heteroatoms. The normalized spacial score (nSPS) is 25.8. The van der Waals surface area contributed by atoms with Gasteiger partial charge in [0.25, 0.3) is 11.8 Å². The van der Waals surface area contributed by atoms with Crippen molar-refractivity contribution in [2.75, 3.05) is 17.4 Å². The molecule has 1 aromatic heterocycles. The summed E-state index contributed by atoms with van der Waals surface area (Å²) in [5.41, 5.74) is 1.89. The third kappa shape index (κ3) is 5.50. The van der Waals surface area contributed by atoms with E-state index in [0.717, 1.165) is 10.5 Å². The van der Waals surface area contributed by atoms with Crippen molar-refractivity contribution in [1.82, 2.24) is 9.99 Å². The number of aromatic nitrogens is 1. The third-order valence-corrected chi connectivity index (χ3v) is 12.0. The molecule has 0 spiro atoms. The highest BCUT2D eigenvalue weighted by atomic mass is 35.5. The summed E-state index contributed by atoms with van der Waals surface area (Å²) in [5.74, 6) is -7.98. The third-order valence-electron chi connectivity index (χ3n) is 11.5. The molecular formula is C41H31Cl2F3N4O6. The van der Waals surface area contributed by atoms with Crippen LogP contribution in [0.25, 0.3) is 6.08 Å². The van der Waals surface area contributed by atoms with Crippen LogP contribution in [-0.4, -0.2) is 45.8 Å². The molecule has 4 aromatic rings. The molecule has 4 aliphatic rings. The number of carbonyl (C=O) groups is 4. The van der Waals surface area contributed by atoms with E-state index in [1.807, 2.05) is 6.08 Å². The van der Waals surface area contributed by atoms with Gasteiger partial charge in [-0.2, -0.15) is 18.2 Å². The van der Waals surface area contributed by atoms with Crippen molar-refractivity contribution in [3.63, 3.8) is 0 Å². The lowest BCUT2D eigenvalue weighted by Crippen LogP contribution is -2.53. The summed E-state index contributed by atoms with van der Waals surface area (Å²) in [6.45, 7) is 3.76. The smallest absolute Gasteiger partial charge is 0.417 e. The molecule has 6 unspecified atom stereocenters. The maximum absolute atomic E-state index is 15.3. The minimum absolute atomic E-state index is 0.0791. The number of hydrazine groups is 1. The van der Waals surface area contributed by atoms with Crippen LogP contribution in [0.2, 0.25) is 10.0 Å². The van der Waals surface area contributed by atoms with Crippen LogP contribution in [0.4, 0.5) is 24.7 Å². The van der Waals surface area contributed by atoms with Crippen LogP contribution in [0, 0.1) is 23.7 Å². The number of amides is 4. The number of rotatable bonds is 7. The summed E-state index contributed by atoms with van der Waals surface area (Å²) in [6, 6.07) is 18.5. The van der Waals surface area contributed by atoms with Gasteiger partial charge >= 0.3 is 6.18 Å². The second kappa shape index (κ2) is 13.5. The molecule has 286 valence electrons. The van der Waals surface area contributed by atoms with Crippen molar-refractivity contribution < 1.29 is 42.2 Å². The van der Waals surface area contributed by atoms with Gasteiger partial charge in [0, 0.05) is 22.7 Å². The molecule has 3 aromatic carbocycles. The molecule has 8 rings (SSSR count). The summed E-state index contributed by atoms with van der Waals surface area (Å²) < 4.78 is 46.0. The fourth-order valence-corrected chi connectivity index (χ4v) is 9.41. The fraction of sp³-hybridized carbons (Fsp3) is 0.244. The second-order valence-electron chi connectivity index (χ2n) is 14.1. The summed E-state index contributed by atoms with van der Waals surface area (Å²) in [7, 11) is 1.36. The zero-order valence-corrected chi connectivity index (χ0v) is 30.9. The number of phenolic OH excluding ortho intramolecular Hbond substituents is 1. The Balaban J connectivity index is 1.32. The number of pyridine rings is 1. The minimum atomic E-state index is -4.76. The van der Waals surface area contributed by atoms with Crippen molar-refractivity contribution in [2.24, 2.45) is 23.7 Å². The van der Waals surface area contributed by atoms with Gasteiger partial charge in [0.1, 0.15) is 0 Å². The Morgan fingerprint density at radius 3 is 2.34 bits per heavy atom. The number of aromatic hydroxyl groups is 1. The van der Waals surface area contributed by atoms with Crippen LogP contribution >= 0.6 is 23.2 Å². The van der Waals surface area contributed by atoms with Gasteiger partial charge in [-0.25, -0.2) is 4.98 Å². The largest absolute Gasteiger partial charge is 0.504 e. The van der Waals surface area contributed by atoms with Crippen molar-refractivity contribution in [2.45, 2.75) is 30.4 Å². The second-order valence-corrected chi connectivity index (χ2v) is 15.0. The molecular weight excluding hydrogens is 772 g/mol. The Hall–Kier alpha value is -5.66. The highest BCUT2D eigenvalue weighted by Crippen LogP contribution is 2.65. The van der Waals surface area contributed by atoms with Gasteiger partial charge in [-0.1, -0.05) is 83.9 Å². The van der Waals surface area contributed by atoms with Crippen LogP contribution in [0.1, 0.15) is 41.0 Å². The fourth-order valence-electron chi connectivity index (χ4n) is 9.08. The highest BCUT2D eigenvalue weighted by molar-refractivity contribution is 6.33. The van der Waals surface area contributed by atoms with Crippen LogP contribution in [0.5, 0.6) is 11.5 Å². The van der Waals surface area contributed by atoms with E-state index in [9.17, 15) is 32.7 Å². The van der Waals surface area contributed by atoms with E-state index in [-0.39, 0.29) is 29.9 Å². The molecule has 2 aliphatic heterocycles. The molecule has 3 fully saturated rings. The Morgan fingerprint density at radius 1 is 0.982 bits per heavy atom. The Bertz CT molecular complexity index is 2370. The number of anilines is 2. The first-order chi connectivity index (χ1) is 26.7. The van der Waals surface area contributed by atoms with Gasteiger partial charge in [0.2, 0.25) is 11.8 Å². The maximum atomic E-state index is 15.3. The quantitative estimate of drug-likeness (QED) is 0.142. The molecule has 0 bridgehead atoms. The predicted octanol–water partition coefficient (Wildman–Crippen LogP) is 7.95. The van der Waals surface area contributed by atoms with Gasteiger partial charge in [-0.3, -0.25) is 29.5 Å². The lowest BCUT2D eigenvalue weighted by atomic mass is 9.49. The number of hydrogen-bond acceptors (Lipinski definition) is 8. The lowest BCUT2D eigenvalue weighted by Gasteiger charge is -2.50. The van der Waals surface area contributed by atoms with Crippen LogP contribution in [0.15, 0.2) is 97.2 Å².